The summed E-state index contributed by atoms with van der Waals surface area (Å²) in [6, 6.07) is 16.9. The molecule has 7 rings (SSSR count). The Morgan fingerprint density at radius 2 is 1.68 bits per heavy atom. The highest BCUT2D eigenvalue weighted by Gasteiger charge is 2.65. The second-order valence-electron chi connectivity index (χ2n) is 16.0. The van der Waals surface area contributed by atoms with Crippen LogP contribution in [0.1, 0.15) is 74.8 Å². The highest BCUT2D eigenvalue weighted by molar-refractivity contribution is 6.03. The molecule has 2 saturated carbocycles. The average Bonchev–Trinajstić information content (AvgIpc) is 4.10. The van der Waals surface area contributed by atoms with Gasteiger partial charge >= 0.3 is 0 Å². The second-order valence-corrected chi connectivity index (χ2v) is 16.0. The molecule has 15 nitrogen and oxygen atoms in total. The molecule has 2 fully saturated rings. The summed E-state index contributed by atoms with van der Waals surface area (Å²) in [6.07, 6.45) is 9.99. The Hall–Kier alpha value is -5.64. The van der Waals surface area contributed by atoms with Gasteiger partial charge in [0.15, 0.2) is 0 Å². The third-order valence-corrected chi connectivity index (χ3v) is 12.2. The van der Waals surface area contributed by atoms with E-state index in [0.717, 1.165) is 49.7 Å². The number of hydrogen-bond acceptors (Lipinski definition) is 12. The van der Waals surface area contributed by atoms with Crippen LogP contribution in [-0.2, 0) is 21.0 Å². The van der Waals surface area contributed by atoms with Crippen LogP contribution in [0.4, 0.5) is 11.4 Å². The Morgan fingerprint density at radius 1 is 0.967 bits per heavy atom. The maximum Gasteiger partial charge on any atom is 0.273 e. The first-order valence-electron chi connectivity index (χ1n) is 20.7. The summed E-state index contributed by atoms with van der Waals surface area (Å²) in [7, 11) is 1.79. The highest BCUT2D eigenvalue weighted by Crippen LogP contribution is 2.62. The number of fused-ring (bicyclic) bond motifs is 2. The standard InChI is InChI=1S/C45H52N4O11/c1-3-23-57-45-41(47(2)44(52)30-15-16-30)27-39(46-58-28-29-13-17-32(18-14-29)48(53)54)37-24-31(9-4-6-21-50)36(12-5-7-22-51)42(43(37)45)38-26-35(19-20-40(38)60-45)59-34-11-8-10-33(25-34)49(55)56/h3,8,10-11,13-14,17-20,24-26,30-31,36,41-43,50-51H,1,4-7,9,12,15-16,21-23,27-28H2,2H3. The van der Waals surface area contributed by atoms with Crippen LogP contribution in [0.25, 0.3) is 0 Å². The molecular weight excluding hydrogens is 773 g/mol. The van der Waals surface area contributed by atoms with Gasteiger partial charge in [-0.25, -0.2) is 0 Å². The molecule has 4 aliphatic rings. The monoisotopic (exact) mass is 824 g/mol. The van der Waals surface area contributed by atoms with Crippen molar-refractivity contribution in [2.24, 2.45) is 28.8 Å². The van der Waals surface area contributed by atoms with Gasteiger partial charge in [0, 0.05) is 62.3 Å². The number of aliphatic hydroxyl groups excluding tert-OH is 2. The van der Waals surface area contributed by atoms with Gasteiger partial charge in [0.25, 0.3) is 11.4 Å². The number of carbonyl (C=O) groups excluding carboxylic acids is 1. The first-order chi connectivity index (χ1) is 29.1. The molecule has 6 atom stereocenters. The second kappa shape index (κ2) is 18.7. The SMILES string of the molecule is C=CCOC12Oc3ccc(Oc4cccc([N+](=O)[O-])c4)cc3C3C(CCCCO)C(CCCCO)C=C(C(=NOCc4ccc([N+](=O)[O-])cc4)CC1N(C)C(=O)C1CC1)C32. The quantitative estimate of drug-likeness (QED) is 0.0485. The van der Waals surface area contributed by atoms with Crippen LogP contribution in [0.3, 0.4) is 0 Å². The molecule has 3 aromatic carbocycles. The molecule has 6 unspecified atom stereocenters. The lowest BCUT2D eigenvalue weighted by Gasteiger charge is -2.59. The molecule has 3 aromatic rings. The van der Waals surface area contributed by atoms with Crippen molar-refractivity contribution in [2.75, 3.05) is 26.9 Å². The number of amides is 1. The van der Waals surface area contributed by atoms with E-state index in [1.165, 1.54) is 24.3 Å². The van der Waals surface area contributed by atoms with E-state index < -0.39 is 27.6 Å². The molecule has 1 aliphatic heterocycles. The number of benzene rings is 3. The number of non-ortho nitro benzene ring substituents is 2. The van der Waals surface area contributed by atoms with Crippen molar-refractivity contribution in [1.82, 2.24) is 4.90 Å². The van der Waals surface area contributed by atoms with E-state index >= 15 is 0 Å². The normalized spacial score (nSPS) is 24.6. The number of rotatable bonds is 20. The number of carbonyl (C=O) groups is 1. The number of allylic oxidation sites excluding steroid dienone is 1. The third-order valence-electron chi connectivity index (χ3n) is 12.2. The Balaban J connectivity index is 1.38. The van der Waals surface area contributed by atoms with E-state index in [1.807, 2.05) is 12.1 Å². The highest BCUT2D eigenvalue weighted by atomic mass is 16.7. The Bertz CT molecular complexity index is 2120. The van der Waals surface area contributed by atoms with Gasteiger partial charge in [-0.15, -0.1) is 6.58 Å². The maximum atomic E-state index is 14.0. The minimum atomic E-state index is -1.40. The Labute approximate surface area is 348 Å². The van der Waals surface area contributed by atoms with E-state index in [1.54, 1.807) is 48.4 Å². The van der Waals surface area contributed by atoms with Crippen molar-refractivity contribution in [3.63, 3.8) is 0 Å². The van der Waals surface area contributed by atoms with E-state index in [0.29, 0.717) is 41.4 Å². The van der Waals surface area contributed by atoms with E-state index in [2.05, 4.69) is 12.7 Å². The van der Waals surface area contributed by atoms with Crippen molar-refractivity contribution in [1.29, 1.82) is 0 Å². The number of nitrogens with zero attached hydrogens (tertiary/aromatic N) is 4. The minimum absolute atomic E-state index is 0.00172. The molecule has 0 spiro atoms. The van der Waals surface area contributed by atoms with E-state index in [-0.39, 0.29) is 73.8 Å². The van der Waals surface area contributed by atoms with Crippen LogP contribution in [0.5, 0.6) is 17.2 Å². The molecule has 3 aliphatic carbocycles. The number of nitro benzene ring substituents is 2. The lowest BCUT2D eigenvalue weighted by Crippen LogP contribution is -2.69. The zero-order valence-corrected chi connectivity index (χ0v) is 33.7. The van der Waals surface area contributed by atoms with Crippen molar-refractivity contribution in [3.8, 4) is 17.2 Å². The number of oxime groups is 1. The number of unbranched alkanes of at least 4 members (excludes halogenated alkanes) is 2. The maximum absolute atomic E-state index is 14.0. The zero-order chi connectivity index (χ0) is 42.4. The number of ether oxygens (including phenoxy) is 3. The van der Waals surface area contributed by atoms with Crippen LogP contribution in [0, 0.1) is 43.9 Å². The predicted octanol–water partition coefficient (Wildman–Crippen LogP) is 8.00. The number of likely N-dealkylation sites (N-methyl/N-ethyl adjacent to an activating group) is 1. The molecular formula is C45H52N4O11. The van der Waals surface area contributed by atoms with Crippen molar-refractivity contribution < 1.29 is 43.9 Å². The molecule has 15 heteroatoms. The summed E-state index contributed by atoms with van der Waals surface area (Å²) in [4.78, 5) is 43.8. The van der Waals surface area contributed by atoms with Gasteiger partial charge < -0.3 is 34.2 Å². The van der Waals surface area contributed by atoms with Gasteiger partial charge in [-0.2, -0.15) is 0 Å². The van der Waals surface area contributed by atoms with Crippen LogP contribution in [-0.4, -0.2) is 75.3 Å². The van der Waals surface area contributed by atoms with Gasteiger partial charge in [0.05, 0.1) is 34.1 Å². The molecule has 2 N–H and O–H groups in total. The van der Waals surface area contributed by atoms with Crippen LogP contribution in [0.15, 0.2) is 96.2 Å². The predicted molar refractivity (Wildman–Crippen MR) is 222 cm³/mol. The van der Waals surface area contributed by atoms with Crippen molar-refractivity contribution in [3.05, 3.63) is 122 Å². The molecule has 60 heavy (non-hydrogen) atoms. The van der Waals surface area contributed by atoms with Crippen LogP contribution in [0.2, 0.25) is 0 Å². The smallest absolute Gasteiger partial charge is 0.273 e. The summed E-state index contributed by atoms with van der Waals surface area (Å²) in [5.74, 6) is -1.04. The van der Waals surface area contributed by atoms with Crippen LogP contribution >= 0.6 is 0 Å². The Morgan fingerprint density at radius 3 is 2.37 bits per heavy atom. The molecule has 0 saturated heterocycles. The fraction of sp³-hybridized carbons (Fsp3) is 0.467. The first kappa shape index (κ1) is 42.5. The third kappa shape index (κ3) is 8.93. The van der Waals surface area contributed by atoms with Gasteiger partial charge in [0.2, 0.25) is 11.7 Å². The van der Waals surface area contributed by atoms with Crippen LogP contribution < -0.4 is 9.47 Å². The molecule has 0 bridgehead atoms. The minimum Gasteiger partial charge on any atom is -0.459 e. The summed E-state index contributed by atoms with van der Waals surface area (Å²) in [6.45, 7) is 4.24. The lowest BCUT2D eigenvalue weighted by atomic mass is 9.55. The molecule has 1 heterocycles. The molecule has 1 amide bonds. The molecule has 0 aromatic heterocycles. The number of nitro groups is 2. The van der Waals surface area contributed by atoms with Crippen molar-refractivity contribution in [2.45, 2.75) is 82.1 Å². The fourth-order valence-corrected chi connectivity index (χ4v) is 9.26. The summed E-state index contributed by atoms with van der Waals surface area (Å²) in [5, 5.41) is 47.4. The fourth-order valence-electron chi connectivity index (χ4n) is 9.26. The first-order valence-corrected chi connectivity index (χ1v) is 20.7. The summed E-state index contributed by atoms with van der Waals surface area (Å²) < 4.78 is 20.4. The van der Waals surface area contributed by atoms with Gasteiger partial charge in [-0.1, -0.05) is 36.2 Å². The largest absolute Gasteiger partial charge is 0.459 e. The lowest BCUT2D eigenvalue weighted by molar-refractivity contribution is -0.385. The molecule has 0 radical (unpaired) electrons. The average molecular weight is 825 g/mol. The number of aliphatic hydroxyl groups is 2. The van der Waals surface area contributed by atoms with Gasteiger partial charge in [0.1, 0.15) is 29.9 Å². The molecule has 318 valence electrons. The summed E-state index contributed by atoms with van der Waals surface area (Å²) >= 11 is 0. The zero-order valence-electron chi connectivity index (χ0n) is 33.7. The van der Waals surface area contributed by atoms with E-state index in [9.17, 15) is 35.2 Å². The number of hydrogen-bond donors (Lipinski definition) is 2. The topological polar surface area (TPSA) is 196 Å². The van der Waals surface area contributed by atoms with E-state index in [4.69, 9.17) is 24.2 Å². The van der Waals surface area contributed by atoms with Crippen molar-refractivity contribution >= 4 is 23.0 Å². The summed E-state index contributed by atoms with van der Waals surface area (Å²) in [5.41, 5.74) is 2.89. The Kier molecular flexibility index (Phi) is 13.3. The van der Waals surface area contributed by atoms with Gasteiger partial charge in [-0.3, -0.25) is 25.0 Å². The van der Waals surface area contributed by atoms with Gasteiger partial charge in [-0.05, 0) is 97.9 Å².